The number of halogens is 3. The number of amides is 1. The second kappa shape index (κ2) is 7.00. The van der Waals surface area contributed by atoms with Crippen molar-refractivity contribution in [2.75, 3.05) is 10.0 Å². The minimum Gasteiger partial charge on any atom is -0.324 e. The van der Waals surface area contributed by atoms with Crippen LogP contribution in [0.3, 0.4) is 0 Å². The Balaban J connectivity index is 2.53. The molecule has 0 fully saturated rings. The Hall–Kier alpha value is -3.15. The second-order valence-corrected chi connectivity index (χ2v) is 6.62. The highest BCUT2D eigenvalue weighted by Crippen LogP contribution is 2.29. The van der Waals surface area contributed by atoms with Crippen LogP contribution in [-0.2, 0) is 14.8 Å². The third-order valence-electron chi connectivity index (χ3n) is 3.02. The second-order valence-electron chi connectivity index (χ2n) is 4.97. The van der Waals surface area contributed by atoms with Gasteiger partial charge in [-0.15, -0.1) is 0 Å². The summed E-state index contributed by atoms with van der Waals surface area (Å²) in [7, 11) is -4.80. The zero-order valence-corrected chi connectivity index (χ0v) is 13.7. The van der Waals surface area contributed by atoms with Gasteiger partial charge in [-0.1, -0.05) is 0 Å². The number of carbonyl (C=O) groups excluding carboxylic acids is 1. The van der Waals surface area contributed by atoms with E-state index in [1.165, 1.54) is 0 Å². The van der Waals surface area contributed by atoms with Gasteiger partial charge in [0.25, 0.3) is 15.7 Å². The molecule has 138 valence electrons. The first-order valence-electron chi connectivity index (χ1n) is 6.74. The number of sulfonamides is 1. The molecule has 0 aliphatic carbocycles. The predicted molar refractivity (Wildman–Crippen MR) is 84.5 cm³/mol. The molecule has 26 heavy (non-hydrogen) atoms. The number of nitro groups is 1. The Bertz CT molecular complexity index is 1010. The van der Waals surface area contributed by atoms with Crippen molar-refractivity contribution in [2.24, 2.45) is 0 Å². The first-order valence-corrected chi connectivity index (χ1v) is 8.23. The molecule has 2 rings (SSSR count). The summed E-state index contributed by atoms with van der Waals surface area (Å²) in [6, 6.07) is 2.66. The summed E-state index contributed by atoms with van der Waals surface area (Å²) in [6.45, 7) is 1.04. The van der Waals surface area contributed by atoms with Crippen LogP contribution in [0.25, 0.3) is 0 Å². The zero-order chi connectivity index (χ0) is 19.6. The van der Waals surface area contributed by atoms with Crippen LogP contribution in [0.15, 0.2) is 35.2 Å². The van der Waals surface area contributed by atoms with Gasteiger partial charge in [0, 0.05) is 25.1 Å². The van der Waals surface area contributed by atoms with Crippen LogP contribution < -0.4 is 10.0 Å². The highest BCUT2D eigenvalue weighted by Gasteiger charge is 2.28. The fraction of sp³-hybridized carbons (Fsp3) is 0.0714. The lowest BCUT2D eigenvalue weighted by Crippen LogP contribution is -2.17. The maximum absolute atomic E-state index is 13.9. The first-order chi connectivity index (χ1) is 12.0. The molecule has 1 amide bonds. The molecule has 0 aromatic heterocycles. The zero-order valence-electron chi connectivity index (χ0n) is 12.9. The van der Waals surface area contributed by atoms with Crippen molar-refractivity contribution in [3.63, 3.8) is 0 Å². The van der Waals surface area contributed by atoms with E-state index < -0.39 is 60.3 Å². The van der Waals surface area contributed by atoms with Crippen molar-refractivity contribution in [2.45, 2.75) is 11.8 Å². The maximum Gasteiger partial charge on any atom is 0.290 e. The van der Waals surface area contributed by atoms with Crippen LogP contribution in [0.4, 0.5) is 30.2 Å². The van der Waals surface area contributed by atoms with E-state index in [1.807, 2.05) is 5.32 Å². The van der Waals surface area contributed by atoms with Gasteiger partial charge in [0.05, 0.1) is 16.3 Å². The van der Waals surface area contributed by atoms with Crippen LogP contribution in [0, 0.1) is 27.6 Å². The van der Waals surface area contributed by atoms with Gasteiger partial charge < -0.3 is 5.32 Å². The van der Waals surface area contributed by atoms with Gasteiger partial charge in [0.2, 0.25) is 5.91 Å². The van der Waals surface area contributed by atoms with E-state index in [-0.39, 0.29) is 0 Å². The smallest absolute Gasteiger partial charge is 0.290 e. The highest BCUT2D eigenvalue weighted by atomic mass is 32.2. The molecule has 0 aliphatic heterocycles. The Morgan fingerprint density at radius 1 is 1.08 bits per heavy atom. The molecule has 0 atom stereocenters. The van der Waals surface area contributed by atoms with Crippen LogP contribution in [0.5, 0.6) is 0 Å². The van der Waals surface area contributed by atoms with Gasteiger partial charge in [0.15, 0.2) is 4.90 Å². The molecule has 0 saturated carbocycles. The summed E-state index contributed by atoms with van der Waals surface area (Å²) in [5.41, 5.74) is -2.26. The van der Waals surface area contributed by atoms with E-state index in [4.69, 9.17) is 0 Å². The number of nitro benzene ring substituents is 1. The summed E-state index contributed by atoms with van der Waals surface area (Å²) in [5.74, 6) is -4.30. The lowest BCUT2D eigenvalue weighted by Gasteiger charge is -2.12. The topological polar surface area (TPSA) is 118 Å². The van der Waals surface area contributed by atoms with Crippen molar-refractivity contribution in [3.8, 4) is 0 Å². The summed E-state index contributed by atoms with van der Waals surface area (Å²) in [6.07, 6.45) is 0. The standard InChI is InChI=1S/C14H10F3N3O5S/c1-7(21)18-11-6-12(10(17)5-9(11)16)19-26(24,25)14-4-8(15)2-3-13(14)20(22)23/h2-6,19H,1H3,(H,18,21). The van der Waals surface area contributed by atoms with Gasteiger partial charge in [-0.3, -0.25) is 19.6 Å². The third kappa shape index (κ3) is 4.08. The maximum atomic E-state index is 13.9. The van der Waals surface area contributed by atoms with E-state index in [2.05, 4.69) is 0 Å². The number of benzene rings is 2. The number of nitrogens with zero attached hydrogens (tertiary/aromatic N) is 1. The number of nitrogens with one attached hydrogen (secondary N) is 2. The molecule has 0 spiro atoms. The minimum atomic E-state index is -4.80. The fourth-order valence-electron chi connectivity index (χ4n) is 1.97. The third-order valence-corrected chi connectivity index (χ3v) is 4.41. The molecular weight excluding hydrogens is 379 g/mol. The molecule has 0 radical (unpaired) electrons. The predicted octanol–water partition coefficient (Wildman–Crippen LogP) is 2.77. The molecule has 8 nitrogen and oxygen atoms in total. The van der Waals surface area contributed by atoms with E-state index in [9.17, 15) is 36.5 Å². The summed E-state index contributed by atoms with van der Waals surface area (Å²) < 4.78 is 67.1. The quantitative estimate of drug-likeness (QED) is 0.602. The van der Waals surface area contributed by atoms with Crippen LogP contribution in [0.1, 0.15) is 6.92 Å². The fourth-order valence-corrected chi connectivity index (χ4v) is 3.21. The van der Waals surface area contributed by atoms with Gasteiger partial charge in [-0.2, -0.15) is 0 Å². The molecule has 0 bridgehead atoms. The van der Waals surface area contributed by atoms with Crippen molar-refractivity contribution in [1.82, 2.24) is 0 Å². The average Bonchev–Trinajstić information content (AvgIpc) is 2.51. The lowest BCUT2D eigenvalue weighted by atomic mass is 10.2. The van der Waals surface area contributed by atoms with Crippen molar-refractivity contribution in [3.05, 3.63) is 57.9 Å². The first kappa shape index (κ1) is 19.2. The molecule has 2 N–H and O–H groups in total. The van der Waals surface area contributed by atoms with Gasteiger partial charge in [0.1, 0.15) is 17.5 Å². The van der Waals surface area contributed by atoms with E-state index in [0.29, 0.717) is 30.3 Å². The number of hydrogen-bond donors (Lipinski definition) is 2. The molecule has 0 unspecified atom stereocenters. The van der Waals surface area contributed by atoms with Gasteiger partial charge >= 0.3 is 0 Å². The molecule has 0 saturated heterocycles. The van der Waals surface area contributed by atoms with E-state index in [1.54, 1.807) is 4.72 Å². The van der Waals surface area contributed by atoms with Crippen molar-refractivity contribution >= 4 is 33.0 Å². The molecule has 0 heterocycles. The summed E-state index contributed by atoms with van der Waals surface area (Å²) in [4.78, 5) is 19.8. The Morgan fingerprint density at radius 3 is 2.27 bits per heavy atom. The molecule has 0 aliphatic rings. The number of carbonyl (C=O) groups is 1. The molecule has 2 aromatic carbocycles. The van der Waals surface area contributed by atoms with Crippen molar-refractivity contribution in [1.29, 1.82) is 0 Å². The normalized spacial score (nSPS) is 11.1. The van der Waals surface area contributed by atoms with Crippen LogP contribution in [0.2, 0.25) is 0 Å². The molecule has 2 aromatic rings. The highest BCUT2D eigenvalue weighted by molar-refractivity contribution is 7.92. The SMILES string of the molecule is CC(=O)Nc1cc(NS(=O)(=O)c2cc(F)ccc2[N+](=O)[O-])c(F)cc1F. The number of anilines is 2. The van der Waals surface area contributed by atoms with Crippen LogP contribution in [-0.4, -0.2) is 19.2 Å². The summed E-state index contributed by atoms with van der Waals surface area (Å²) in [5, 5.41) is 13.0. The van der Waals surface area contributed by atoms with Crippen molar-refractivity contribution < 1.29 is 31.3 Å². The Kier molecular flexibility index (Phi) is 5.16. The Morgan fingerprint density at radius 2 is 1.69 bits per heavy atom. The van der Waals surface area contributed by atoms with E-state index in [0.717, 1.165) is 6.92 Å². The number of rotatable bonds is 5. The van der Waals surface area contributed by atoms with Gasteiger partial charge in [-0.25, -0.2) is 21.6 Å². The van der Waals surface area contributed by atoms with Gasteiger partial charge in [-0.05, 0) is 12.1 Å². The molecule has 12 heteroatoms. The average molecular weight is 389 g/mol. The molecular formula is C14H10F3N3O5S. The largest absolute Gasteiger partial charge is 0.324 e. The number of hydrogen-bond acceptors (Lipinski definition) is 5. The summed E-state index contributed by atoms with van der Waals surface area (Å²) >= 11 is 0. The van der Waals surface area contributed by atoms with Crippen LogP contribution >= 0.6 is 0 Å². The lowest BCUT2D eigenvalue weighted by molar-refractivity contribution is -0.387. The Labute approximate surface area is 144 Å². The van der Waals surface area contributed by atoms with E-state index >= 15 is 0 Å². The minimum absolute atomic E-state index is 0.309. The monoisotopic (exact) mass is 389 g/mol.